The number of hydrogen-bond acceptors (Lipinski definition) is 2. The van der Waals surface area contributed by atoms with Crippen molar-refractivity contribution < 1.29 is 4.84 Å². The van der Waals surface area contributed by atoms with Crippen molar-refractivity contribution in [2.45, 2.75) is 20.3 Å². The van der Waals surface area contributed by atoms with Gasteiger partial charge in [0.15, 0.2) is 5.84 Å². The lowest BCUT2D eigenvalue weighted by molar-refractivity contribution is 0.210. The van der Waals surface area contributed by atoms with Crippen LogP contribution in [0.4, 0.5) is 0 Å². The molecule has 0 aliphatic rings. The number of amidine groups is 1. The maximum Gasteiger partial charge on any atom is 0.169 e. The van der Waals surface area contributed by atoms with Crippen molar-refractivity contribution in [1.82, 2.24) is 0 Å². The second-order valence-corrected chi connectivity index (χ2v) is 2.10. The summed E-state index contributed by atoms with van der Waals surface area (Å²) < 4.78 is 0. The van der Waals surface area contributed by atoms with Crippen LogP contribution in [0.15, 0.2) is 10.1 Å². The summed E-state index contributed by atoms with van der Waals surface area (Å²) in [4.78, 5) is 8.30. The molecular weight excluding hydrogens is 128 g/mol. The molecule has 0 radical (unpaired) electrons. The first-order chi connectivity index (χ1) is 4.76. The summed E-state index contributed by atoms with van der Waals surface area (Å²) >= 11 is 0. The molecule has 0 bridgehead atoms. The van der Waals surface area contributed by atoms with E-state index >= 15 is 0 Å². The highest BCUT2D eigenvalue weighted by Gasteiger charge is 2.05. The van der Waals surface area contributed by atoms with Crippen LogP contribution < -0.4 is 0 Å². The SMILES string of the molecule is C=N/C(=N\OC)C(C)CC. The topological polar surface area (TPSA) is 34.0 Å². The van der Waals surface area contributed by atoms with Crippen LogP contribution in [0.2, 0.25) is 0 Å². The lowest BCUT2D eigenvalue weighted by Gasteiger charge is -2.04. The van der Waals surface area contributed by atoms with Gasteiger partial charge in [0.1, 0.15) is 7.11 Å². The Morgan fingerprint density at radius 3 is 2.60 bits per heavy atom. The molecule has 0 aromatic carbocycles. The molecule has 10 heavy (non-hydrogen) atoms. The van der Waals surface area contributed by atoms with Gasteiger partial charge >= 0.3 is 0 Å². The highest BCUT2D eigenvalue weighted by molar-refractivity contribution is 5.87. The molecule has 0 aromatic heterocycles. The van der Waals surface area contributed by atoms with Gasteiger partial charge in [-0.2, -0.15) is 0 Å². The predicted octanol–water partition coefficient (Wildman–Crippen LogP) is 1.69. The standard InChI is InChI=1S/C7H14N2O/c1-5-6(2)7(8-3)9-10-4/h6H,3,5H2,1-2,4H3/b9-7-. The summed E-state index contributed by atoms with van der Waals surface area (Å²) in [6.07, 6.45) is 1.00. The van der Waals surface area contributed by atoms with Gasteiger partial charge in [-0.05, 0) is 13.1 Å². The number of rotatable bonds is 3. The van der Waals surface area contributed by atoms with Crippen LogP contribution in [0.5, 0.6) is 0 Å². The van der Waals surface area contributed by atoms with Crippen molar-refractivity contribution in [3.63, 3.8) is 0 Å². The van der Waals surface area contributed by atoms with Crippen molar-refractivity contribution in [2.24, 2.45) is 16.1 Å². The molecule has 3 heteroatoms. The van der Waals surface area contributed by atoms with Gasteiger partial charge in [-0.15, -0.1) is 0 Å². The van der Waals surface area contributed by atoms with Crippen LogP contribution in [0, 0.1) is 5.92 Å². The highest BCUT2D eigenvalue weighted by Crippen LogP contribution is 2.04. The molecule has 0 saturated carbocycles. The average Bonchev–Trinajstić information content (AvgIpc) is 1.99. The Labute approximate surface area is 61.8 Å². The summed E-state index contributed by atoms with van der Waals surface area (Å²) in [6.45, 7) is 7.49. The predicted molar refractivity (Wildman–Crippen MR) is 43.4 cm³/mol. The van der Waals surface area contributed by atoms with E-state index < -0.39 is 0 Å². The first-order valence-corrected chi connectivity index (χ1v) is 3.34. The Kier molecular flexibility index (Phi) is 4.54. The third-order valence-electron chi connectivity index (χ3n) is 1.40. The van der Waals surface area contributed by atoms with E-state index in [-0.39, 0.29) is 0 Å². The van der Waals surface area contributed by atoms with E-state index in [4.69, 9.17) is 0 Å². The zero-order valence-electron chi connectivity index (χ0n) is 6.79. The number of hydrogen-bond donors (Lipinski definition) is 0. The molecule has 0 spiro atoms. The second-order valence-electron chi connectivity index (χ2n) is 2.10. The molecule has 58 valence electrons. The number of oxime groups is 1. The van der Waals surface area contributed by atoms with Crippen LogP contribution in [0.25, 0.3) is 0 Å². The molecule has 0 aliphatic heterocycles. The van der Waals surface area contributed by atoms with Crippen molar-refractivity contribution in [3.05, 3.63) is 0 Å². The van der Waals surface area contributed by atoms with Crippen LogP contribution >= 0.6 is 0 Å². The van der Waals surface area contributed by atoms with E-state index in [0.717, 1.165) is 6.42 Å². The minimum atomic E-state index is 0.331. The highest BCUT2D eigenvalue weighted by atomic mass is 16.6. The molecule has 0 rings (SSSR count). The Balaban J connectivity index is 4.05. The summed E-state index contributed by atoms with van der Waals surface area (Å²) in [5.41, 5.74) is 0. The van der Waals surface area contributed by atoms with Crippen molar-refractivity contribution in [3.8, 4) is 0 Å². The first kappa shape index (κ1) is 9.14. The van der Waals surface area contributed by atoms with E-state index in [0.29, 0.717) is 11.8 Å². The number of aliphatic imine (C=N–C) groups is 1. The van der Waals surface area contributed by atoms with Gasteiger partial charge in [-0.3, -0.25) is 0 Å². The Morgan fingerprint density at radius 2 is 2.30 bits per heavy atom. The molecule has 0 heterocycles. The van der Waals surface area contributed by atoms with Crippen LogP contribution in [0.1, 0.15) is 20.3 Å². The zero-order chi connectivity index (χ0) is 7.98. The van der Waals surface area contributed by atoms with Gasteiger partial charge in [0.25, 0.3) is 0 Å². The van der Waals surface area contributed by atoms with Gasteiger partial charge in [0, 0.05) is 5.92 Å². The largest absolute Gasteiger partial charge is 0.398 e. The minimum Gasteiger partial charge on any atom is -0.398 e. The van der Waals surface area contributed by atoms with Crippen LogP contribution in [-0.2, 0) is 4.84 Å². The van der Waals surface area contributed by atoms with Gasteiger partial charge in [0.05, 0.1) is 0 Å². The molecular formula is C7H14N2O. The summed E-state index contributed by atoms with van der Waals surface area (Å²) in [6, 6.07) is 0. The minimum absolute atomic E-state index is 0.331. The Hall–Kier alpha value is -0.860. The van der Waals surface area contributed by atoms with Crippen molar-refractivity contribution in [1.29, 1.82) is 0 Å². The van der Waals surface area contributed by atoms with E-state index in [9.17, 15) is 0 Å². The van der Waals surface area contributed by atoms with Gasteiger partial charge in [-0.1, -0.05) is 19.0 Å². The molecule has 0 aromatic rings. The van der Waals surface area contributed by atoms with E-state index in [1.165, 1.54) is 7.11 Å². The normalized spacial score (nSPS) is 14.5. The van der Waals surface area contributed by atoms with E-state index in [2.05, 4.69) is 28.6 Å². The zero-order valence-corrected chi connectivity index (χ0v) is 6.79. The monoisotopic (exact) mass is 142 g/mol. The fraction of sp³-hybridized carbons (Fsp3) is 0.714. The molecule has 3 nitrogen and oxygen atoms in total. The third-order valence-corrected chi connectivity index (χ3v) is 1.40. The molecule has 0 fully saturated rings. The fourth-order valence-corrected chi connectivity index (χ4v) is 0.551. The van der Waals surface area contributed by atoms with Crippen molar-refractivity contribution >= 4 is 12.6 Å². The molecule has 0 aliphatic carbocycles. The third kappa shape index (κ3) is 2.62. The van der Waals surface area contributed by atoms with Crippen LogP contribution in [0.3, 0.4) is 0 Å². The number of nitrogens with zero attached hydrogens (tertiary/aromatic N) is 2. The Bertz CT molecular complexity index is 132. The molecule has 0 amide bonds. The molecule has 1 unspecified atom stereocenters. The summed E-state index contributed by atoms with van der Waals surface area (Å²) in [7, 11) is 1.51. The maximum atomic E-state index is 4.57. The average molecular weight is 142 g/mol. The smallest absolute Gasteiger partial charge is 0.169 e. The van der Waals surface area contributed by atoms with E-state index in [1.54, 1.807) is 0 Å². The summed E-state index contributed by atoms with van der Waals surface area (Å²) in [5, 5.41) is 3.70. The maximum absolute atomic E-state index is 4.57. The molecule has 0 N–H and O–H groups in total. The second kappa shape index (κ2) is 4.97. The fourth-order valence-electron chi connectivity index (χ4n) is 0.551. The molecule has 0 saturated heterocycles. The van der Waals surface area contributed by atoms with Gasteiger partial charge in [0.2, 0.25) is 0 Å². The molecule has 1 atom stereocenters. The van der Waals surface area contributed by atoms with Crippen molar-refractivity contribution in [2.75, 3.05) is 7.11 Å². The Morgan fingerprint density at radius 1 is 1.70 bits per heavy atom. The van der Waals surface area contributed by atoms with Gasteiger partial charge < -0.3 is 4.84 Å². The van der Waals surface area contributed by atoms with Gasteiger partial charge in [-0.25, -0.2) is 4.99 Å². The van der Waals surface area contributed by atoms with Crippen LogP contribution in [-0.4, -0.2) is 19.7 Å². The lowest BCUT2D eigenvalue weighted by Crippen LogP contribution is -2.06. The quantitative estimate of drug-likeness (QED) is 0.335. The summed E-state index contributed by atoms with van der Waals surface area (Å²) in [5.74, 6) is 1.00. The first-order valence-electron chi connectivity index (χ1n) is 3.34. The van der Waals surface area contributed by atoms with E-state index in [1.807, 2.05) is 6.92 Å². The lowest BCUT2D eigenvalue weighted by atomic mass is 10.1.